The second kappa shape index (κ2) is 7.86. The van der Waals surface area contributed by atoms with Crippen molar-refractivity contribution in [2.45, 2.75) is 39.3 Å². The normalized spacial score (nSPS) is 16.3. The van der Waals surface area contributed by atoms with Gasteiger partial charge in [-0.1, -0.05) is 42.8 Å². The van der Waals surface area contributed by atoms with E-state index >= 15 is 0 Å². The number of carbonyl (C=O) groups is 2. The molecule has 8 heteroatoms. The third kappa shape index (κ3) is 4.22. The Morgan fingerprint density at radius 2 is 2.12 bits per heavy atom. The van der Waals surface area contributed by atoms with Gasteiger partial charge in [-0.3, -0.25) is 9.59 Å². The summed E-state index contributed by atoms with van der Waals surface area (Å²) in [6.45, 7) is 5.17. The molecule has 2 amide bonds. The number of fused-ring (bicyclic) bond motifs is 1. The Morgan fingerprint density at radius 1 is 1.38 bits per heavy atom. The van der Waals surface area contributed by atoms with Crippen LogP contribution in [0.3, 0.4) is 0 Å². The van der Waals surface area contributed by atoms with Crippen molar-refractivity contribution in [1.29, 1.82) is 0 Å². The lowest BCUT2D eigenvalue weighted by molar-refractivity contribution is 0.0870. The van der Waals surface area contributed by atoms with Crippen molar-refractivity contribution in [3.8, 4) is 0 Å². The average Bonchev–Trinajstić information content (AvgIpc) is 3.00. The first-order valence-corrected chi connectivity index (χ1v) is 9.09. The van der Waals surface area contributed by atoms with Gasteiger partial charge < -0.3 is 10.6 Å². The molecule has 1 atom stereocenters. The predicted molar refractivity (Wildman–Crippen MR) is 98.2 cm³/mol. The second-order valence-electron chi connectivity index (χ2n) is 6.90. The minimum Gasteiger partial charge on any atom is -0.350 e. The van der Waals surface area contributed by atoms with E-state index in [4.69, 9.17) is 11.6 Å². The highest BCUT2D eigenvalue weighted by molar-refractivity contribution is 6.30. The molecule has 2 N–H and O–H groups in total. The van der Waals surface area contributed by atoms with E-state index in [0.717, 1.165) is 12.0 Å². The van der Waals surface area contributed by atoms with Crippen LogP contribution in [0.1, 0.15) is 46.8 Å². The number of hydrogen-bond acceptors (Lipinski definition) is 4. The minimum absolute atomic E-state index is 0.0116. The number of rotatable bonds is 6. The van der Waals surface area contributed by atoms with Gasteiger partial charge >= 0.3 is 0 Å². The molecule has 0 saturated heterocycles. The van der Waals surface area contributed by atoms with Crippen molar-refractivity contribution >= 4 is 23.4 Å². The standard InChI is InChI=1S/C18H22ClN5O2/c1-11(2)9-14-10-24-16(18(26)21-14)15(22-23-24)17(25)20-8-7-12-3-5-13(19)6-4-12/h3-6,11,14H,7-10H2,1-2H3,(H,20,25)(H,21,26)/t14-/m0/s1. The van der Waals surface area contributed by atoms with Crippen molar-refractivity contribution in [2.24, 2.45) is 5.92 Å². The molecule has 1 aliphatic rings. The van der Waals surface area contributed by atoms with Gasteiger partial charge in [0.15, 0.2) is 11.4 Å². The maximum atomic E-state index is 12.4. The number of carbonyl (C=O) groups excluding carboxylic acids is 2. The molecule has 0 aliphatic carbocycles. The van der Waals surface area contributed by atoms with Crippen molar-refractivity contribution in [3.63, 3.8) is 0 Å². The average molecular weight is 376 g/mol. The Kier molecular flexibility index (Phi) is 5.56. The highest BCUT2D eigenvalue weighted by atomic mass is 35.5. The number of benzene rings is 1. The molecule has 7 nitrogen and oxygen atoms in total. The lowest BCUT2D eigenvalue weighted by Gasteiger charge is -2.25. The van der Waals surface area contributed by atoms with Gasteiger partial charge in [0.05, 0.1) is 6.54 Å². The van der Waals surface area contributed by atoms with Crippen molar-refractivity contribution in [1.82, 2.24) is 25.6 Å². The van der Waals surface area contributed by atoms with Gasteiger partial charge in [-0.2, -0.15) is 0 Å². The van der Waals surface area contributed by atoms with Crippen LogP contribution in [-0.2, 0) is 13.0 Å². The van der Waals surface area contributed by atoms with Crippen LogP contribution in [0.4, 0.5) is 0 Å². The van der Waals surface area contributed by atoms with Crippen LogP contribution >= 0.6 is 11.6 Å². The highest BCUT2D eigenvalue weighted by Gasteiger charge is 2.32. The quantitative estimate of drug-likeness (QED) is 0.808. The first-order chi connectivity index (χ1) is 12.4. The van der Waals surface area contributed by atoms with Gasteiger partial charge in [-0.15, -0.1) is 5.10 Å². The van der Waals surface area contributed by atoms with Gasteiger partial charge in [0.1, 0.15) is 0 Å². The van der Waals surface area contributed by atoms with Crippen LogP contribution in [-0.4, -0.2) is 39.4 Å². The summed E-state index contributed by atoms with van der Waals surface area (Å²) in [5.74, 6) is -0.228. The summed E-state index contributed by atoms with van der Waals surface area (Å²) in [5.41, 5.74) is 1.37. The van der Waals surface area contributed by atoms with E-state index in [1.54, 1.807) is 0 Å². The molecule has 3 rings (SSSR count). The van der Waals surface area contributed by atoms with Crippen LogP contribution in [0.2, 0.25) is 5.02 Å². The van der Waals surface area contributed by atoms with Gasteiger partial charge in [-0.25, -0.2) is 4.68 Å². The number of halogens is 1. The van der Waals surface area contributed by atoms with Crippen LogP contribution in [0.5, 0.6) is 0 Å². The van der Waals surface area contributed by atoms with E-state index in [1.165, 1.54) is 4.68 Å². The van der Waals surface area contributed by atoms with E-state index in [9.17, 15) is 9.59 Å². The molecule has 26 heavy (non-hydrogen) atoms. The summed E-state index contributed by atoms with van der Waals surface area (Å²) in [6.07, 6.45) is 1.52. The monoisotopic (exact) mass is 375 g/mol. The number of nitrogens with one attached hydrogen (secondary N) is 2. The van der Waals surface area contributed by atoms with Crippen molar-refractivity contribution < 1.29 is 9.59 Å². The summed E-state index contributed by atoms with van der Waals surface area (Å²) in [4.78, 5) is 24.8. The Balaban J connectivity index is 1.62. The molecule has 1 aliphatic heterocycles. The Bertz CT molecular complexity index is 800. The SMILES string of the molecule is CC(C)C[C@H]1Cn2nnc(C(=O)NCCc3ccc(Cl)cc3)c2C(=O)N1. The largest absolute Gasteiger partial charge is 0.350 e. The smallest absolute Gasteiger partial charge is 0.274 e. The zero-order valence-corrected chi connectivity index (χ0v) is 15.6. The summed E-state index contributed by atoms with van der Waals surface area (Å²) < 4.78 is 1.53. The molecule has 1 aromatic heterocycles. The van der Waals surface area contributed by atoms with Crippen LogP contribution in [0, 0.1) is 5.92 Å². The number of amides is 2. The van der Waals surface area contributed by atoms with E-state index in [2.05, 4.69) is 34.8 Å². The van der Waals surface area contributed by atoms with Crippen LogP contribution < -0.4 is 10.6 Å². The van der Waals surface area contributed by atoms with E-state index < -0.39 is 5.91 Å². The number of aromatic nitrogens is 3. The molecule has 1 aromatic carbocycles. The fourth-order valence-corrected chi connectivity index (χ4v) is 3.21. The molecule has 0 saturated carbocycles. The molecular formula is C18H22ClN5O2. The second-order valence-corrected chi connectivity index (χ2v) is 7.34. The van der Waals surface area contributed by atoms with Crippen molar-refractivity contribution in [3.05, 3.63) is 46.2 Å². The molecule has 2 heterocycles. The molecule has 0 fully saturated rings. The zero-order chi connectivity index (χ0) is 18.7. The molecule has 138 valence electrons. The third-order valence-electron chi connectivity index (χ3n) is 4.26. The maximum Gasteiger partial charge on any atom is 0.274 e. The zero-order valence-electron chi connectivity index (χ0n) is 14.8. The van der Waals surface area contributed by atoms with E-state index in [-0.39, 0.29) is 23.3 Å². The molecule has 2 aromatic rings. The number of nitrogens with zero attached hydrogens (tertiary/aromatic N) is 3. The minimum atomic E-state index is -0.391. The lowest BCUT2D eigenvalue weighted by atomic mass is 10.0. The van der Waals surface area contributed by atoms with Gasteiger partial charge in [0.2, 0.25) is 0 Å². The van der Waals surface area contributed by atoms with Gasteiger partial charge in [0, 0.05) is 17.6 Å². The Hall–Kier alpha value is -2.41. The molecule has 0 spiro atoms. The van der Waals surface area contributed by atoms with E-state index in [0.29, 0.717) is 30.5 Å². The van der Waals surface area contributed by atoms with Gasteiger partial charge in [-0.05, 0) is 36.5 Å². The lowest BCUT2D eigenvalue weighted by Crippen LogP contribution is -2.46. The molecule has 0 radical (unpaired) electrons. The number of hydrogen-bond donors (Lipinski definition) is 2. The van der Waals surface area contributed by atoms with E-state index in [1.807, 2.05) is 24.3 Å². The topological polar surface area (TPSA) is 88.9 Å². The van der Waals surface area contributed by atoms with Crippen LogP contribution in [0.25, 0.3) is 0 Å². The first-order valence-electron chi connectivity index (χ1n) is 8.71. The van der Waals surface area contributed by atoms with Gasteiger partial charge in [0.25, 0.3) is 11.8 Å². The fourth-order valence-electron chi connectivity index (χ4n) is 3.08. The third-order valence-corrected chi connectivity index (χ3v) is 4.51. The maximum absolute atomic E-state index is 12.4. The summed E-state index contributed by atoms with van der Waals surface area (Å²) in [6, 6.07) is 7.46. The Morgan fingerprint density at radius 3 is 2.81 bits per heavy atom. The summed E-state index contributed by atoms with van der Waals surface area (Å²) >= 11 is 5.86. The van der Waals surface area contributed by atoms with Crippen LogP contribution in [0.15, 0.2) is 24.3 Å². The molecular weight excluding hydrogens is 354 g/mol. The van der Waals surface area contributed by atoms with Crippen molar-refractivity contribution in [2.75, 3.05) is 6.54 Å². The fraction of sp³-hybridized carbons (Fsp3) is 0.444. The first kappa shape index (κ1) is 18.4. The summed E-state index contributed by atoms with van der Waals surface area (Å²) in [5, 5.41) is 14.3. The highest BCUT2D eigenvalue weighted by Crippen LogP contribution is 2.16. The predicted octanol–water partition coefficient (Wildman–Crippen LogP) is 2.06. The summed E-state index contributed by atoms with van der Waals surface area (Å²) in [7, 11) is 0. The Labute approximate surface area is 157 Å². The molecule has 0 unspecified atom stereocenters. The molecule has 0 bridgehead atoms.